The number of nitrogens with two attached hydrogens (primary N) is 1. The molecule has 4 atom stereocenters. The van der Waals surface area contributed by atoms with E-state index in [-0.39, 0.29) is 12.5 Å². The van der Waals surface area contributed by atoms with Crippen LogP contribution in [0.4, 0.5) is 10.2 Å². The summed E-state index contributed by atoms with van der Waals surface area (Å²) in [6.07, 6.45) is 4.16. The van der Waals surface area contributed by atoms with Crippen LogP contribution in [0.1, 0.15) is 13.2 Å². The molecule has 0 bridgehead atoms. The van der Waals surface area contributed by atoms with Crippen molar-refractivity contribution >= 4 is 43.7 Å². The molecular weight excluding hydrogens is 529 g/mol. The fourth-order valence-electron chi connectivity index (χ4n) is 4.61. The van der Waals surface area contributed by atoms with Crippen LogP contribution in [0.3, 0.4) is 0 Å². The average molecular weight is 552 g/mol. The molecule has 0 amide bonds. The molecule has 9 nitrogen and oxygen atoms in total. The number of nitrogen functional groups attached to an aromatic ring is 1. The van der Waals surface area contributed by atoms with Crippen LogP contribution in [0, 0.1) is 5.92 Å². The number of alkyl halides is 1. The zero-order valence-electron chi connectivity index (χ0n) is 19.5. The molecule has 0 spiro atoms. The van der Waals surface area contributed by atoms with E-state index in [0.29, 0.717) is 27.1 Å². The van der Waals surface area contributed by atoms with Gasteiger partial charge in [0.05, 0.1) is 17.0 Å². The number of hydrogen-bond acceptors (Lipinski definition) is 7. The van der Waals surface area contributed by atoms with Crippen molar-refractivity contribution in [1.29, 1.82) is 0 Å². The number of aryl methyl sites for hydroxylation is 1. The molecule has 5 heterocycles. The summed E-state index contributed by atoms with van der Waals surface area (Å²) in [7, 11) is 1.93. The van der Waals surface area contributed by atoms with Gasteiger partial charge in [-0.2, -0.15) is 0 Å². The van der Waals surface area contributed by atoms with Crippen molar-refractivity contribution in [2.24, 2.45) is 13.0 Å². The molecule has 0 unspecified atom stereocenters. The van der Waals surface area contributed by atoms with Gasteiger partial charge in [0.1, 0.15) is 35.8 Å². The van der Waals surface area contributed by atoms with Crippen molar-refractivity contribution in [3.63, 3.8) is 0 Å². The van der Waals surface area contributed by atoms with E-state index >= 15 is 4.39 Å². The Balaban J connectivity index is 1.21. The third-order valence-corrected chi connectivity index (χ3v) is 7.27. The van der Waals surface area contributed by atoms with Crippen molar-refractivity contribution < 1.29 is 13.9 Å². The molecular formula is C25H23BrFN7O2. The molecule has 1 aliphatic rings. The molecule has 0 aliphatic carbocycles. The Morgan fingerprint density at radius 2 is 2.03 bits per heavy atom. The predicted molar refractivity (Wildman–Crippen MR) is 137 cm³/mol. The Kier molecular flexibility index (Phi) is 5.60. The molecule has 0 saturated carbocycles. The minimum absolute atomic E-state index is 0.195. The molecule has 4 aromatic heterocycles. The van der Waals surface area contributed by atoms with Gasteiger partial charge in [-0.15, -0.1) is 0 Å². The van der Waals surface area contributed by atoms with Gasteiger partial charge >= 0.3 is 0 Å². The average Bonchev–Trinajstić information content (AvgIpc) is 3.54. The zero-order chi connectivity index (χ0) is 25.0. The molecule has 1 aromatic carbocycles. The van der Waals surface area contributed by atoms with Gasteiger partial charge in [-0.25, -0.2) is 24.3 Å². The number of fused-ring (bicyclic) bond motifs is 2. The Hall–Kier alpha value is -3.57. The van der Waals surface area contributed by atoms with Crippen LogP contribution in [-0.4, -0.2) is 48.0 Å². The highest BCUT2D eigenvalue weighted by atomic mass is 79.9. The first-order valence-electron chi connectivity index (χ1n) is 11.5. The number of ether oxygens (including phenoxy) is 2. The summed E-state index contributed by atoms with van der Waals surface area (Å²) in [5.74, 6) is 1.35. The summed E-state index contributed by atoms with van der Waals surface area (Å²) >= 11 is 3.47. The van der Waals surface area contributed by atoms with Crippen LogP contribution in [0.2, 0.25) is 0 Å². The monoisotopic (exact) mass is 551 g/mol. The number of pyridine rings is 1. The van der Waals surface area contributed by atoms with Gasteiger partial charge in [0.2, 0.25) is 0 Å². The quantitative estimate of drug-likeness (QED) is 0.338. The van der Waals surface area contributed by atoms with E-state index in [2.05, 4.69) is 30.9 Å². The van der Waals surface area contributed by atoms with E-state index in [1.54, 1.807) is 17.0 Å². The third kappa shape index (κ3) is 3.79. The molecule has 184 valence electrons. The van der Waals surface area contributed by atoms with E-state index in [1.807, 2.05) is 55.1 Å². The molecule has 1 fully saturated rings. The van der Waals surface area contributed by atoms with E-state index in [1.165, 1.54) is 6.33 Å². The maximum Gasteiger partial charge on any atom is 0.167 e. The highest BCUT2D eigenvalue weighted by Gasteiger charge is 2.44. The summed E-state index contributed by atoms with van der Waals surface area (Å²) in [4.78, 5) is 17.4. The SMILES string of the molecule is C[C@H]1[C@H](F)[C@H](n2cc(Br)c3c(N)ncnc32)O[C@@H]1COc1ccc2ccc(-c3nccn3C)nc2c1. The van der Waals surface area contributed by atoms with Crippen molar-refractivity contribution in [2.75, 3.05) is 12.3 Å². The van der Waals surface area contributed by atoms with Gasteiger partial charge in [-0.3, -0.25) is 0 Å². The molecule has 11 heteroatoms. The highest BCUT2D eigenvalue weighted by Crippen LogP contribution is 2.40. The van der Waals surface area contributed by atoms with Gasteiger partial charge in [0.15, 0.2) is 18.2 Å². The lowest BCUT2D eigenvalue weighted by Gasteiger charge is -2.17. The Labute approximate surface area is 214 Å². The Morgan fingerprint density at radius 3 is 2.83 bits per heavy atom. The number of hydrogen-bond donors (Lipinski definition) is 1. The predicted octanol–water partition coefficient (Wildman–Crippen LogP) is 4.68. The summed E-state index contributed by atoms with van der Waals surface area (Å²) in [5.41, 5.74) is 8.07. The Morgan fingerprint density at radius 1 is 1.19 bits per heavy atom. The number of imidazole rings is 1. The highest BCUT2D eigenvalue weighted by molar-refractivity contribution is 9.10. The topological polar surface area (TPSA) is 106 Å². The van der Waals surface area contributed by atoms with Crippen LogP contribution < -0.4 is 10.5 Å². The van der Waals surface area contributed by atoms with E-state index in [0.717, 1.165) is 22.4 Å². The summed E-state index contributed by atoms with van der Waals surface area (Å²) in [5, 5.41) is 1.62. The zero-order valence-corrected chi connectivity index (χ0v) is 21.1. The normalized spacial score (nSPS) is 22.0. The van der Waals surface area contributed by atoms with E-state index < -0.39 is 18.5 Å². The largest absolute Gasteiger partial charge is 0.491 e. The number of rotatable bonds is 5. The van der Waals surface area contributed by atoms with Crippen LogP contribution in [0.15, 0.2) is 59.7 Å². The van der Waals surface area contributed by atoms with Gasteiger partial charge in [0, 0.05) is 47.5 Å². The maximum atomic E-state index is 15.4. The van der Waals surface area contributed by atoms with Crippen LogP contribution >= 0.6 is 15.9 Å². The number of aromatic nitrogens is 6. The second kappa shape index (κ2) is 8.82. The van der Waals surface area contributed by atoms with Crippen molar-refractivity contribution in [3.8, 4) is 17.3 Å². The van der Waals surface area contributed by atoms with E-state index in [4.69, 9.17) is 20.2 Å². The number of benzene rings is 1. The first kappa shape index (κ1) is 22.9. The standard InChI is InChI=1S/C25H23BrFN7O2/c1-13-19(36-25(21(13)27)34-10-16(26)20-22(28)30-12-31-24(20)34)11-35-15-5-3-14-4-6-17(32-18(14)9-15)23-29-7-8-33(23)2/h3-10,12-13,19,21,25H,11H2,1-2H3,(H2,28,30,31)/t13-,19-,21+,25-/m1/s1. The van der Waals surface area contributed by atoms with Gasteiger partial charge in [0.25, 0.3) is 0 Å². The molecule has 0 radical (unpaired) electrons. The molecule has 2 N–H and O–H groups in total. The fourth-order valence-corrected chi connectivity index (χ4v) is 5.21. The smallest absolute Gasteiger partial charge is 0.167 e. The van der Waals surface area contributed by atoms with Gasteiger partial charge in [-0.05, 0) is 34.1 Å². The number of nitrogens with zero attached hydrogens (tertiary/aromatic N) is 6. The molecule has 1 aliphatic heterocycles. The van der Waals surface area contributed by atoms with Crippen molar-refractivity contribution in [1.82, 2.24) is 29.1 Å². The minimum atomic E-state index is -1.25. The fraction of sp³-hybridized carbons (Fsp3) is 0.280. The van der Waals surface area contributed by atoms with Crippen molar-refractivity contribution in [2.45, 2.75) is 25.4 Å². The first-order chi connectivity index (χ1) is 17.4. The maximum absolute atomic E-state index is 15.4. The molecule has 1 saturated heterocycles. The lowest BCUT2D eigenvalue weighted by atomic mass is 10.0. The molecule has 36 heavy (non-hydrogen) atoms. The van der Waals surface area contributed by atoms with Crippen molar-refractivity contribution in [3.05, 3.63) is 59.7 Å². The Bertz CT molecular complexity index is 1590. The first-order valence-corrected chi connectivity index (χ1v) is 12.3. The van der Waals surface area contributed by atoms with Gasteiger partial charge in [-0.1, -0.05) is 13.0 Å². The third-order valence-electron chi connectivity index (χ3n) is 6.67. The summed E-state index contributed by atoms with van der Waals surface area (Å²) < 4.78 is 31.9. The number of anilines is 1. The minimum Gasteiger partial charge on any atom is -0.491 e. The summed E-state index contributed by atoms with van der Waals surface area (Å²) in [6.45, 7) is 2.02. The second-order valence-electron chi connectivity index (χ2n) is 8.93. The number of halogens is 2. The molecule has 6 rings (SSSR count). The van der Waals surface area contributed by atoms with Gasteiger partial charge < -0.3 is 24.3 Å². The van der Waals surface area contributed by atoms with E-state index in [9.17, 15) is 0 Å². The van der Waals surface area contributed by atoms with Crippen LogP contribution in [0.25, 0.3) is 33.5 Å². The summed E-state index contributed by atoms with van der Waals surface area (Å²) in [6, 6.07) is 9.66. The lowest BCUT2D eigenvalue weighted by Crippen LogP contribution is -2.25. The van der Waals surface area contributed by atoms with Crippen LogP contribution in [0.5, 0.6) is 5.75 Å². The van der Waals surface area contributed by atoms with Crippen LogP contribution in [-0.2, 0) is 11.8 Å². The molecule has 5 aromatic rings. The lowest BCUT2D eigenvalue weighted by molar-refractivity contribution is -0.0335. The second-order valence-corrected chi connectivity index (χ2v) is 9.79.